The highest BCUT2D eigenvalue weighted by atomic mass is 19.4. The molecule has 138 valence electrons. The molecule has 1 fully saturated rings. The largest absolute Gasteiger partial charge is 0.481 e. The molecule has 1 N–H and O–H groups in total. The van der Waals surface area contributed by atoms with Crippen molar-refractivity contribution in [3.05, 3.63) is 35.4 Å². The number of likely N-dealkylation sites (tertiary alicyclic amines) is 1. The van der Waals surface area contributed by atoms with Gasteiger partial charge in [-0.05, 0) is 36.3 Å². The van der Waals surface area contributed by atoms with E-state index in [9.17, 15) is 22.8 Å². The molecule has 0 radical (unpaired) electrons. The van der Waals surface area contributed by atoms with Crippen molar-refractivity contribution in [1.29, 1.82) is 0 Å². The zero-order valence-electron chi connectivity index (χ0n) is 14.1. The summed E-state index contributed by atoms with van der Waals surface area (Å²) in [6.45, 7) is 2.75. The Balaban J connectivity index is 1.92. The quantitative estimate of drug-likeness (QED) is 0.869. The summed E-state index contributed by atoms with van der Waals surface area (Å²) >= 11 is 0. The van der Waals surface area contributed by atoms with Crippen LogP contribution in [0.5, 0.6) is 0 Å². The average Bonchev–Trinajstić information content (AvgIpc) is 2.54. The van der Waals surface area contributed by atoms with Gasteiger partial charge in [0.05, 0.1) is 5.56 Å². The molecule has 25 heavy (non-hydrogen) atoms. The van der Waals surface area contributed by atoms with Crippen LogP contribution in [-0.2, 0) is 15.8 Å². The Morgan fingerprint density at radius 1 is 1.28 bits per heavy atom. The summed E-state index contributed by atoms with van der Waals surface area (Å²) in [5.74, 6) is -1.16. The van der Waals surface area contributed by atoms with Crippen LogP contribution in [0.25, 0.3) is 0 Å². The van der Waals surface area contributed by atoms with Crippen LogP contribution < -0.4 is 0 Å². The zero-order valence-corrected chi connectivity index (χ0v) is 14.1. The first kappa shape index (κ1) is 19.3. The number of piperidine rings is 1. The number of nitrogens with zero attached hydrogens (tertiary/aromatic N) is 1. The van der Waals surface area contributed by atoms with E-state index in [4.69, 9.17) is 5.11 Å². The molecule has 0 aromatic heterocycles. The van der Waals surface area contributed by atoms with Crippen molar-refractivity contribution in [2.75, 3.05) is 13.1 Å². The second kappa shape index (κ2) is 7.89. The molecule has 1 atom stereocenters. The second-order valence-corrected chi connectivity index (χ2v) is 6.65. The van der Waals surface area contributed by atoms with Gasteiger partial charge in [-0.2, -0.15) is 13.2 Å². The molecular formula is C18H22F3NO3. The van der Waals surface area contributed by atoms with E-state index in [1.807, 2.05) is 0 Å². The maximum Gasteiger partial charge on any atom is 0.416 e. The summed E-state index contributed by atoms with van der Waals surface area (Å²) in [6.07, 6.45) is -2.84. The summed E-state index contributed by atoms with van der Waals surface area (Å²) < 4.78 is 38.4. The molecule has 1 aromatic rings. The van der Waals surface area contributed by atoms with Gasteiger partial charge >= 0.3 is 12.1 Å². The van der Waals surface area contributed by atoms with E-state index in [1.54, 1.807) is 17.9 Å². The van der Waals surface area contributed by atoms with Gasteiger partial charge in [-0.3, -0.25) is 9.59 Å². The Labute approximate surface area is 144 Å². The number of halogens is 3. The van der Waals surface area contributed by atoms with Crippen LogP contribution in [0, 0.1) is 5.92 Å². The SMILES string of the molecule is CC(CC(=O)N1CCC(CC(=O)O)CC1)c1cccc(C(F)(F)F)c1. The number of carboxylic acid groups (broad SMARTS) is 1. The maximum atomic E-state index is 12.8. The highest BCUT2D eigenvalue weighted by Crippen LogP contribution is 2.32. The van der Waals surface area contributed by atoms with Crippen molar-refractivity contribution in [3.8, 4) is 0 Å². The Morgan fingerprint density at radius 3 is 2.48 bits per heavy atom. The molecule has 1 aliphatic rings. The van der Waals surface area contributed by atoms with Gasteiger partial charge in [0.25, 0.3) is 0 Å². The fourth-order valence-corrected chi connectivity index (χ4v) is 3.16. The number of aliphatic carboxylic acids is 1. The molecule has 0 aliphatic carbocycles. The minimum atomic E-state index is -4.40. The van der Waals surface area contributed by atoms with Crippen LogP contribution >= 0.6 is 0 Å². The second-order valence-electron chi connectivity index (χ2n) is 6.65. The first-order valence-electron chi connectivity index (χ1n) is 8.33. The number of alkyl halides is 3. The molecule has 7 heteroatoms. The Hall–Kier alpha value is -2.05. The van der Waals surface area contributed by atoms with Crippen molar-refractivity contribution in [3.63, 3.8) is 0 Å². The number of carbonyl (C=O) groups is 2. The molecular weight excluding hydrogens is 335 g/mol. The molecule has 1 amide bonds. The molecule has 0 saturated carbocycles. The van der Waals surface area contributed by atoms with Crippen molar-refractivity contribution >= 4 is 11.9 Å². The summed E-state index contributed by atoms with van der Waals surface area (Å²) in [5.41, 5.74) is -0.220. The molecule has 1 aromatic carbocycles. The molecule has 1 saturated heterocycles. The standard InChI is InChI=1S/C18H22F3NO3/c1-12(14-3-2-4-15(11-14)18(19,20)21)9-16(23)22-7-5-13(6-8-22)10-17(24)25/h2-4,11-13H,5-10H2,1H3,(H,24,25). The van der Waals surface area contributed by atoms with Crippen LogP contribution in [0.15, 0.2) is 24.3 Å². The third kappa shape index (κ3) is 5.47. The predicted molar refractivity (Wildman–Crippen MR) is 86.0 cm³/mol. The van der Waals surface area contributed by atoms with E-state index in [-0.39, 0.29) is 30.6 Å². The predicted octanol–water partition coefficient (Wildman–Crippen LogP) is 3.91. The third-order valence-corrected chi connectivity index (χ3v) is 4.69. The lowest BCUT2D eigenvalue weighted by atomic mass is 9.92. The molecule has 0 spiro atoms. The van der Waals surface area contributed by atoms with Crippen molar-refractivity contribution in [2.24, 2.45) is 5.92 Å². The van der Waals surface area contributed by atoms with Gasteiger partial charge in [0.1, 0.15) is 0 Å². The average molecular weight is 357 g/mol. The Morgan fingerprint density at radius 2 is 1.92 bits per heavy atom. The highest BCUT2D eigenvalue weighted by Gasteiger charge is 2.31. The summed E-state index contributed by atoms with van der Waals surface area (Å²) in [5, 5.41) is 8.80. The lowest BCUT2D eigenvalue weighted by Gasteiger charge is -2.32. The van der Waals surface area contributed by atoms with Crippen LogP contribution in [0.4, 0.5) is 13.2 Å². The van der Waals surface area contributed by atoms with Crippen LogP contribution in [0.1, 0.15) is 49.7 Å². The van der Waals surface area contributed by atoms with Gasteiger partial charge < -0.3 is 10.0 Å². The molecule has 1 heterocycles. The minimum absolute atomic E-state index is 0.0856. The lowest BCUT2D eigenvalue weighted by molar-refractivity contribution is -0.139. The van der Waals surface area contributed by atoms with Gasteiger partial charge in [0.2, 0.25) is 5.91 Å². The number of hydrogen-bond acceptors (Lipinski definition) is 2. The van der Waals surface area contributed by atoms with Gasteiger partial charge in [0.15, 0.2) is 0 Å². The van der Waals surface area contributed by atoms with Crippen molar-refractivity contribution < 1.29 is 27.9 Å². The number of carbonyl (C=O) groups excluding carboxylic acids is 1. The smallest absolute Gasteiger partial charge is 0.416 e. The number of rotatable bonds is 5. The fourth-order valence-electron chi connectivity index (χ4n) is 3.16. The summed E-state index contributed by atoms with van der Waals surface area (Å²) in [7, 11) is 0. The van der Waals surface area contributed by atoms with Crippen LogP contribution in [0.3, 0.4) is 0 Å². The van der Waals surface area contributed by atoms with Crippen LogP contribution in [0.2, 0.25) is 0 Å². The maximum absolute atomic E-state index is 12.8. The normalized spacial score (nSPS) is 17.4. The van der Waals surface area contributed by atoms with Crippen molar-refractivity contribution in [2.45, 2.75) is 44.7 Å². The number of benzene rings is 1. The molecule has 0 bridgehead atoms. The lowest BCUT2D eigenvalue weighted by Crippen LogP contribution is -2.39. The minimum Gasteiger partial charge on any atom is -0.481 e. The van der Waals surface area contributed by atoms with E-state index in [0.717, 1.165) is 12.1 Å². The zero-order chi connectivity index (χ0) is 18.6. The molecule has 1 unspecified atom stereocenters. The fraction of sp³-hybridized carbons (Fsp3) is 0.556. The summed E-state index contributed by atoms with van der Waals surface area (Å²) in [4.78, 5) is 24.8. The van der Waals surface area contributed by atoms with Gasteiger partial charge in [-0.1, -0.05) is 25.1 Å². The third-order valence-electron chi connectivity index (χ3n) is 4.69. The Kier molecular flexibility index (Phi) is 6.08. The first-order chi connectivity index (χ1) is 11.7. The molecule has 2 rings (SSSR count). The summed E-state index contributed by atoms with van der Waals surface area (Å²) in [6, 6.07) is 5.07. The number of amides is 1. The number of carboxylic acids is 1. The first-order valence-corrected chi connectivity index (χ1v) is 8.33. The highest BCUT2D eigenvalue weighted by molar-refractivity contribution is 5.77. The topological polar surface area (TPSA) is 57.6 Å². The molecule has 1 aliphatic heterocycles. The van der Waals surface area contributed by atoms with Gasteiger partial charge in [-0.15, -0.1) is 0 Å². The van der Waals surface area contributed by atoms with E-state index in [0.29, 0.717) is 31.5 Å². The number of hydrogen-bond donors (Lipinski definition) is 1. The van der Waals surface area contributed by atoms with Gasteiger partial charge in [0, 0.05) is 25.9 Å². The van der Waals surface area contributed by atoms with E-state index < -0.39 is 17.7 Å². The molecule has 4 nitrogen and oxygen atoms in total. The van der Waals surface area contributed by atoms with E-state index in [1.165, 1.54) is 6.07 Å². The van der Waals surface area contributed by atoms with Gasteiger partial charge in [-0.25, -0.2) is 0 Å². The van der Waals surface area contributed by atoms with Crippen LogP contribution in [-0.4, -0.2) is 35.0 Å². The Bertz CT molecular complexity index is 622. The van der Waals surface area contributed by atoms with Crippen molar-refractivity contribution in [1.82, 2.24) is 4.90 Å². The van der Waals surface area contributed by atoms with E-state index >= 15 is 0 Å². The monoisotopic (exact) mass is 357 g/mol. The van der Waals surface area contributed by atoms with E-state index in [2.05, 4.69) is 0 Å².